The summed E-state index contributed by atoms with van der Waals surface area (Å²) in [6.07, 6.45) is 2.67. The first kappa shape index (κ1) is 21.7. The summed E-state index contributed by atoms with van der Waals surface area (Å²) in [5.41, 5.74) is 0. The highest BCUT2D eigenvalue weighted by Crippen LogP contribution is 2.21. The average Bonchev–Trinajstić information content (AvgIpc) is 2.39. The van der Waals surface area contributed by atoms with E-state index >= 15 is 0 Å². The molecule has 0 radical (unpaired) electrons. The molecule has 1 N–H and O–H groups in total. The fourth-order valence-electron chi connectivity index (χ4n) is 2.23. The minimum Gasteiger partial charge on any atom is -0.383 e. The lowest BCUT2D eigenvalue weighted by Crippen LogP contribution is -2.36. The van der Waals surface area contributed by atoms with E-state index in [9.17, 15) is 21.6 Å². The molecule has 0 aromatic rings. The van der Waals surface area contributed by atoms with E-state index in [1.807, 2.05) is 0 Å². The van der Waals surface area contributed by atoms with E-state index in [-0.39, 0.29) is 5.75 Å². The van der Waals surface area contributed by atoms with Crippen molar-refractivity contribution in [1.29, 1.82) is 0 Å². The van der Waals surface area contributed by atoms with Gasteiger partial charge >= 0.3 is 6.18 Å². The molecule has 0 fully saturated rings. The summed E-state index contributed by atoms with van der Waals surface area (Å²) in [6, 6.07) is 0. The number of aliphatic hydroxyl groups excluding tert-OH is 1. The molecule has 0 rings (SSSR count). The molecule has 1 atom stereocenters. The van der Waals surface area contributed by atoms with Crippen molar-refractivity contribution in [3.63, 3.8) is 0 Å². The van der Waals surface area contributed by atoms with E-state index in [2.05, 4.69) is 6.92 Å². The molecule has 0 bridgehead atoms. The van der Waals surface area contributed by atoms with E-state index in [0.717, 1.165) is 19.3 Å². The molecule has 0 amide bonds. The lowest BCUT2D eigenvalue weighted by Gasteiger charge is -2.14. The van der Waals surface area contributed by atoms with Crippen molar-refractivity contribution < 1.29 is 26.7 Å². The summed E-state index contributed by atoms with van der Waals surface area (Å²) < 4.78 is 59.2. The van der Waals surface area contributed by atoms with Gasteiger partial charge in [0.15, 0.2) is 15.9 Å². The van der Waals surface area contributed by atoms with Crippen LogP contribution in [0.15, 0.2) is 0 Å². The van der Waals surface area contributed by atoms with Gasteiger partial charge < -0.3 is 5.11 Å². The Kier molecular flexibility index (Phi) is 11.1. The molecule has 22 heavy (non-hydrogen) atoms. The Balaban J connectivity index is 3.62. The molecule has 3 nitrogen and oxygen atoms in total. The van der Waals surface area contributed by atoms with Crippen LogP contribution in [0.4, 0.5) is 13.2 Å². The van der Waals surface area contributed by atoms with Gasteiger partial charge in [-0.05, 0) is 6.42 Å². The van der Waals surface area contributed by atoms with Crippen LogP contribution >= 0.6 is 0 Å². The summed E-state index contributed by atoms with van der Waals surface area (Å²) in [5, 5.41) is 8.78. The third kappa shape index (κ3) is 12.3. The molecular formula is C15H29F3O3S. The summed E-state index contributed by atoms with van der Waals surface area (Å²) >= 11 is 0. The van der Waals surface area contributed by atoms with Gasteiger partial charge in [-0.2, -0.15) is 13.2 Å². The van der Waals surface area contributed by atoms with Gasteiger partial charge in [-0.3, -0.25) is 0 Å². The van der Waals surface area contributed by atoms with Crippen LogP contribution in [0, 0.1) is 0 Å². The predicted octanol–water partition coefficient (Wildman–Crippen LogP) is 4.25. The minimum atomic E-state index is -4.87. The highest BCUT2D eigenvalue weighted by molar-refractivity contribution is 7.91. The summed E-state index contributed by atoms with van der Waals surface area (Å²) in [6.45, 7) is 2.17. The SMILES string of the molecule is CCCCCCCCCCCCS(=O)(=O)CC(O)C(F)(F)F. The van der Waals surface area contributed by atoms with Crippen molar-refractivity contribution in [2.75, 3.05) is 11.5 Å². The van der Waals surface area contributed by atoms with Crippen LogP contribution in [-0.4, -0.2) is 37.3 Å². The second-order valence-electron chi connectivity index (χ2n) is 5.85. The normalized spacial score (nSPS) is 14.2. The number of hydrogen-bond donors (Lipinski definition) is 1. The van der Waals surface area contributed by atoms with E-state index in [4.69, 9.17) is 5.11 Å². The number of unbranched alkanes of at least 4 members (excludes halogenated alkanes) is 9. The fourth-order valence-corrected chi connectivity index (χ4v) is 3.71. The molecular weight excluding hydrogens is 317 g/mol. The van der Waals surface area contributed by atoms with E-state index in [1.54, 1.807) is 0 Å². The van der Waals surface area contributed by atoms with Crippen molar-refractivity contribution in [2.24, 2.45) is 0 Å². The van der Waals surface area contributed by atoms with Crippen LogP contribution in [0.3, 0.4) is 0 Å². The van der Waals surface area contributed by atoms with E-state index in [0.29, 0.717) is 12.8 Å². The van der Waals surface area contributed by atoms with Crippen LogP contribution < -0.4 is 0 Å². The first-order chi connectivity index (χ1) is 10.2. The zero-order valence-corrected chi connectivity index (χ0v) is 14.2. The van der Waals surface area contributed by atoms with Crippen LogP contribution in [0.5, 0.6) is 0 Å². The first-order valence-corrected chi connectivity index (χ1v) is 9.96. The maximum Gasteiger partial charge on any atom is 0.415 e. The number of alkyl halides is 3. The first-order valence-electron chi connectivity index (χ1n) is 8.14. The number of aliphatic hydroxyl groups is 1. The predicted molar refractivity (Wildman–Crippen MR) is 82.6 cm³/mol. The second-order valence-corrected chi connectivity index (χ2v) is 8.08. The zero-order chi connectivity index (χ0) is 17.1. The largest absolute Gasteiger partial charge is 0.415 e. The van der Waals surface area contributed by atoms with Crippen molar-refractivity contribution in [1.82, 2.24) is 0 Å². The smallest absolute Gasteiger partial charge is 0.383 e. The Bertz CT molecular complexity index is 367. The van der Waals surface area contributed by atoms with Crippen LogP contribution in [0.25, 0.3) is 0 Å². The van der Waals surface area contributed by atoms with Gasteiger partial charge in [-0.1, -0.05) is 64.7 Å². The molecule has 0 aliphatic carbocycles. The maximum atomic E-state index is 12.1. The highest BCUT2D eigenvalue weighted by atomic mass is 32.2. The Morgan fingerprint density at radius 1 is 0.864 bits per heavy atom. The van der Waals surface area contributed by atoms with Gasteiger partial charge in [0.2, 0.25) is 0 Å². The van der Waals surface area contributed by atoms with Crippen molar-refractivity contribution in [2.45, 2.75) is 83.4 Å². The Morgan fingerprint density at radius 3 is 1.68 bits per heavy atom. The molecule has 0 saturated heterocycles. The van der Waals surface area contributed by atoms with Crippen molar-refractivity contribution >= 4 is 9.84 Å². The average molecular weight is 346 g/mol. The second kappa shape index (κ2) is 11.3. The molecule has 0 heterocycles. The Hall–Kier alpha value is -0.300. The summed E-state index contributed by atoms with van der Waals surface area (Å²) in [4.78, 5) is 0. The molecule has 0 aliphatic heterocycles. The molecule has 134 valence electrons. The van der Waals surface area contributed by atoms with E-state index in [1.165, 1.54) is 32.1 Å². The van der Waals surface area contributed by atoms with Gasteiger partial charge in [0.25, 0.3) is 0 Å². The van der Waals surface area contributed by atoms with Gasteiger partial charge in [-0.15, -0.1) is 0 Å². The fraction of sp³-hybridized carbons (Fsp3) is 1.00. The van der Waals surface area contributed by atoms with Gasteiger partial charge in [0.05, 0.1) is 11.5 Å². The topological polar surface area (TPSA) is 54.4 Å². The zero-order valence-electron chi connectivity index (χ0n) is 13.4. The quantitative estimate of drug-likeness (QED) is 0.507. The maximum absolute atomic E-state index is 12.1. The van der Waals surface area contributed by atoms with Gasteiger partial charge in [-0.25, -0.2) is 8.42 Å². The molecule has 0 spiro atoms. The third-order valence-electron chi connectivity index (χ3n) is 3.60. The van der Waals surface area contributed by atoms with Gasteiger partial charge in [0, 0.05) is 0 Å². The molecule has 1 unspecified atom stereocenters. The molecule has 0 aromatic heterocycles. The summed E-state index contributed by atoms with van der Waals surface area (Å²) in [5.74, 6) is -1.51. The monoisotopic (exact) mass is 346 g/mol. The highest BCUT2D eigenvalue weighted by Gasteiger charge is 2.40. The van der Waals surface area contributed by atoms with E-state index < -0.39 is 27.9 Å². The van der Waals surface area contributed by atoms with Crippen molar-refractivity contribution in [3.05, 3.63) is 0 Å². The Labute approximate surface area is 132 Å². The minimum absolute atomic E-state index is 0.281. The molecule has 0 aliphatic rings. The number of rotatable bonds is 13. The van der Waals surface area contributed by atoms with Gasteiger partial charge in [0.1, 0.15) is 0 Å². The standard InChI is InChI=1S/C15H29F3O3S/c1-2-3-4-5-6-7-8-9-10-11-12-22(20,21)13-14(19)15(16,17)18/h14,19H,2-13H2,1H3. The molecule has 0 saturated carbocycles. The third-order valence-corrected chi connectivity index (χ3v) is 5.33. The lowest BCUT2D eigenvalue weighted by molar-refractivity contribution is -0.196. The number of halogens is 3. The lowest BCUT2D eigenvalue weighted by atomic mass is 10.1. The summed E-state index contributed by atoms with van der Waals surface area (Å²) in [7, 11) is -3.84. The van der Waals surface area contributed by atoms with Crippen LogP contribution in [0.1, 0.15) is 71.1 Å². The van der Waals surface area contributed by atoms with Crippen LogP contribution in [0.2, 0.25) is 0 Å². The van der Waals surface area contributed by atoms with Crippen LogP contribution in [-0.2, 0) is 9.84 Å². The molecule has 0 aromatic carbocycles. The van der Waals surface area contributed by atoms with Crippen molar-refractivity contribution in [3.8, 4) is 0 Å². The Morgan fingerprint density at radius 2 is 1.27 bits per heavy atom. The molecule has 7 heteroatoms. The number of hydrogen-bond acceptors (Lipinski definition) is 3. The number of sulfone groups is 1.